The minimum atomic E-state index is 0.797. The SMILES string of the molecule is CCNC1CC2CCCC(C1)N2CCSC. The molecule has 3 heteroatoms. The summed E-state index contributed by atoms with van der Waals surface area (Å²) in [5.41, 5.74) is 0. The Morgan fingerprint density at radius 2 is 1.94 bits per heavy atom. The van der Waals surface area contributed by atoms with Crippen LogP contribution >= 0.6 is 11.8 Å². The second-order valence-corrected chi connectivity index (χ2v) is 6.18. The van der Waals surface area contributed by atoms with Gasteiger partial charge in [-0.25, -0.2) is 0 Å². The second kappa shape index (κ2) is 6.27. The zero-order valence-corrected chi connectivity index (χ0v) is 11.6. The van der Waals surface area contributed by atoms with Crippen LogP contribution in [0.4, 0.5) is 0 Å². The van der Waals surface area contributed by atoms with E-state index < -0.39 is 0 Å². The van der Waals surface area contributed by atoms with Gasteiger partial charge in [0, 0.05) is 30.4 Å². The summed E-state index contributed by atoms with van der Waals surface area (Å²) in [7, 11) is 0. The molecule has 2 saturated heterocycles. The molecule has 0 aromatic heterocycles. The van der Waals surface area contributed by atoms with Gasteiger partial charge in [-0.15, -0.1) is 0 Å². The molecule has 2 atom stereocenters. The van der Waals surface area contributed by atoms with Crippen molar-refractivity contribution in [3.05, 3.63) is 0 Å². The minimum absolute atomic E-state index is 0.797. The topological polar surface area (TPSA) is 15.3 Å². The Balaban J connectivity index is 1.91. The molecule has 0 aromatic rings. The van der Waals surface area contributed by atoms with Crippen molar-refractivity contribution in [3.63, 3.8) is 0 Å². The van der Waals surface area contributed by atoms with E-state index in [-0.39, 0.29) is 0 Å². The van der Waals surface area contributed by atoms with Crippen molar-refractivity contribution in [2.24, 2.45) is 0 Å². The van der Waals surface area contributed by atoms with E-state index in [4.69, 9.17) is 0 Å². The summed E-state index contributed by atoms with van der Waals surface area (Å²) in [6.45, 7) is 4.68. The number of fused-ring (bicyclic) bond motifs is 2. The lowest BCUT2D eigenvalue weighted by Crippen LogP contribution is -2.56. The zero-order chi connectivity index (χ0) is 11.4. The number of rotatable bonds is 5. The van der Waals surface area contributed by atoms with Gasteiger partial charge in [-0.2, -0.15) is 11.8 Å². The van der Waals surface area contributed by atoms with Crippen LogP contribution in [0.3, 0.4) is 0 Å². The van der Waals surface area contributed by atoms with E-state index in [1.807, 2.05) is 11.8 Å². The van der Waals surface area contributed by atoms with Gasteiger partial charge < -0.3 is 5.32 Å². The Morgan fingerprint density at radius 1 is 1.25 bits per heavy atom. The molecule has 0 spiro atoms. The summed E-state index contributed by atoms with van der Waals surface area (Å²) >= 11 is 1.99. The third kappa shape index (κ3) is 2.93. The Morgan fingerprint density at radius 3 is 2.50 bits per heavy atom. The lowest BCUT2D eigenvalue weighted by atomic mass is 9.82. The predicted octanol–water partition coefficient (Wildman–Crippen LogP) is 2.34. The average molecular weight is 242 g/mol. The van der Waals surface area contributed by atoms with Gasteiger partial charge in [0.1, 0.15) is 0 Å². The second-order valence-electron chi connectivity index (χ2n) is 5.20. The van der Waals surface area contributed by atoms with Gasteiger partial charge in [-0.3, -0.25) is 4.90 Å². The Hall–Kier alpha value is 0.270. The first kappa shape index (κ1) is 12.7. The predicted molar refractivity (Wildman–Crippen MR) is 73.2 cm³/mol. The fourth-order valence-electron chi connectivity index (χ4n) is 3.50. The molecule has 0 radical (unpaired) electrons. The molecular weight excluding hydrogens is 216 g/mol. The van der Waals surface area contributed by atoms with Gasteiger partial charge >= 0.3 is 0 Å². The van der Waals surface area contributed by atoms with E-state index in [2.05, 4.69) is 23.4 Å². The van der Waals surface area contributed by atoms with Crippen LogP contribution in [0.25, 0.3) is 0 Å². The van der Waals surface area contributed by atoms with E-state index in [1.54, 1.807) is 0 Å². The first-order chi connectivity index (χ1) is 7.85. The Labute approximate surface area is 105 Å². The van der Waals surface area contributed by atoms with Crippen LogP contribution in [0.2, 0.25) is 0 Å². The maximum absolute atomic E-state index is 3.66. The highest BCUT2D eigenvalue weighted by atomic mass is 32.2. The smallest absolute Gasteiger partial charge is 0.0113 e. The van der Waals surface area contributed by atoms with Gasteiger partial charge in [-0.05, 0) is 38.5 Å². The maximum Gasteiger partial charge on any atom is 0.0113 e. The van der Waals surface area contributed by atoms with Crippen molar-refractivity contribution in [3.8, 4) is 0 Å². The summed E-state index contributed by atoms with van der Waals surface area (Å²) in [4.78, 5) is 2.81. The molecule has 0 aliphatic carbocycles. The lowest BCUT2D eigenvalue weighted by molar-refractivity contribution is 0.0307. The quantitative estimate of drug-likeness (QED) is 0.797. The van der Waals surface area contributed by atoms with E-state index in [0.29, 0.717) is 0 Å². The molecule has 2 unspecified atom stereocenters. The van der Waals surface area contributed by atoms with Crippen molar-refractivity contribution in [2.75, 3.05) is 25.1 Å². The van der Waals surface area contributed by atoms with Crippen LogP contribution in [-0.2, 0) is 0 Å². The molecule has 94 valence electrons. The maximum atomic E-state index is 3.66. The van der Waals surface area contributed by atoms with Crippen molar-refractivity contribution in [1.29, 1.82) is 0 Å². The van der Waals surface area contributed by atoms with Gasteiger partial charge in [0.05, 0.1) is 0 Å². The molecule has 2 fully saturated rings. The van der Waals surface area contributed by atoms with Gasteiger partial charge in [0.25, 0.3) is 0 Å². The zero-order valence-electron chi connectivity index (χ0n) is 10.7. The molecular formula is C13H26N2S. The summed E-state index contributed by atoms with van der Waals surface area (Å²) in [6.07, 6.45) is 9.34. The molecule has 2 heterocycles. The van der Waals surface area contributed by atoms with Crippen molar-refractivity contribution in [1.82, 2.24) is 10.2 Å². The normalized spacial score (nSPS) is 35.2. The molecule has 0 aromatic carbocycles. The standard InChI is InChI=1S/C13H26N2S/c1-3-14-11-9-12-5-4-6-13(10-11)15(12)7-8-16-2/h11-14H,3-10H2,1-2H3. The van der Waals surface area contributed by atoms with Crippen LogP contribution in [0.5, 0.6) is 0 Å². The molecule has 0 amide bonds. The lowest BCUT2D eigenvalue weighted by Gasteiger charge is -2.49. The van der Waals surface area contributed by atoms with Crippen molar-refractivity contribution < 1.29 is 0 Å². The highest BCUT2D eigenvalue weighted by molar-refractivity contribution is 7.98. The van der Waals surface area contributed by atoms with Crippen molar-refractivity contribution >= 4 is 11.8 Å². The van der Waals surface area contributed by atoms with Crippen LogP contribution in [0.15, 0.2) is 0 Å². The Bertz CT molecular complexity index is 196. The van der Waals surface area contributed by atoms with Crippen LogP contribution in [0.1, 0.15) is 39.0 Å². The highest BCUT2D eigenvalue weighted by Gasteiger charge is 2.37. The van der Waals surface area contributed by atoms with Gasteiger partial charge in [0.15, 0.2) is 0 Å². The highest BCUT2D eigenvalue weighted by Crippen LogP contribution is 2.33. The van der Waals surface area contributed by atoms with Crippen LogP contribution in [0, 0.1) is 0 Å². The van der Waals surface area contributed by atoms with Crippen molar-refractivity contribution in [2.45, 2.75) is 57.2 Å². The molecule has 2 nitrogen and oxygen atoms in total. The van der Waals surface area contributed by atoms with Gasteiger partial charge in [0.2, 0.25) is 0 Å². The molecule has 0 saturated carbocycles. The number of nitrogens with zero attached hydrogens (tertiary/aromatic N) is 1. The number of hydrogen-bond acceptors (Lipinski definition) is 3. The molecule has 16 heavy (non-hydrogen) atoms. The fraction of sp³-hybridized carbons (Fsp3) is 1.00. The third-order valence-corrected chi connectivity index (χ3v) is 4.76. The summed E-state index contributed by atoms with van der Waals surface area (Å²) in [6, 6.07) is 2.55. The number of piperidine rings is 2. The number of hydrogen-bond donors (Lipinski definition) is 1. The number of thioether (sulfide) groups is 1. The first-order valence-electron chi connectivity index (χ1n) is 6.83. The molecule has 1 N–H and O–H groups in total. The molecule has 2 bridgehead atoms. The molecule has 2 rings (SSSR count). The van der Waals surface area contributed by atoms with E-state index in [9.17, 15) is 0 Å². The fourth-order valence-corrected chi connectivity index (χ4v) is 3.89. The summed E-state index contributed by atoms with van der Waals surface area (Å²) in [5.74, 6) is 1.30. The Kier molecular flexibility index (Phi) is 4.98. The van der Waals surface area contributed by atoms with Crippen LogP contribution < -0.4 is 5.32 Å². The largest absolute Gasteiger partial charge is 0.314 e. The van der Waals surface area contributed by atoms with E-state index in [1.165, 1.54) is 44.4 Å². The first-order valence-corrected chi connectivity index (χ1v) is 8.22. The van der Waals surface area contributed by atoms with Crippen LogP contribution in [-0.4, -0.2) is 48.1 Å². The third-order valence-electron chi connectivity index (χ3n) is 4.17. The molecule has 2 aliphatic rings. The number of nitrogens with one attached hydrogen (secondary N) is 1. The summed E-state index contributed by atoms with van der Waals surface area (Å²) in [5, 5.41) is 3.66. The monoisotopic (exact) mass is 242 g/mol. The summed E-state index contributed by atoms with van der Waals surface area (Å²) < 4.78 is 0. The van der Waals surface area contributed by atoms with E-state index >= 15 is 0 Å². The average Bonchev–Trinajstić information content (AvgIpc) is 2.26. The van der Waals surface area contributed by atoms with Gasteiger partial charge in [-0.1, -0.05) is 13.3 Å². The minimum Gasteiger partial charge on any atom is -0.314 e. The molecule has 2 aliphatic heterocycles. The van der Waals surface area contributed by atoms with E-state index in [0.717, 1.165) is 24.7 Å².